The summed E-state index contributed by atoms with van der Waals surface area (Å²) in [4.78, 5) is 43.5. The summed E-state index contributed by atoms with van der Waals surface area (Å²) in [6, 6.07) is 3.53. The van der Waals surface area contributed by atoms with Gasteiger partial charge in [0.05, 0.1) is 5.39 Å². The molecule has 3 aromatic rings. The van der Waals surface area contributed by atoms with E-state index in [1.165, 1.54) is 45.1 Å². The molecular weight excluding hydrogens is 504 g/mol. The summed E-state index contributed by atoms with van der Waals surface area (Å²) in [6.45, 7) is 1.62. The van der Waals surface area contributed by atoms with Crippen molar-refractivity contribution in [3.63, 3.8) is 0 Å². The Bertz CT molecular complexity index is 1580. The molecule has 7 nitrogen and oxygen atoms in total. The minimum atomic E-state index is -3.05. The third-order valence-corrected chi connectivity index (χ3v) is 8.38. The lowest BCUT2D eigenvalue weighted by molar-refractivity contribution is -0.0595. The van der Waals surface area contributed by atoms with Gasteiger partial charge in [0.2, 0.25) is 11.5 Å². The lowest BCUT2D eigenvalue weighted by atomic mass is 9.73. The summed E-state index contributed by atoms with van der Waals surface area (Å²) < 4.78 is 62.1. The molecule has 0 radical (unpaired) electrons. The number of nitrogens with zero attached hydrogens (tertiary/aromatic N) is 4. The molecule has 3 heterocycles. The fourth-order valence-corrected chi connectivity index (χ4v) is 5.99. The summed E-state index contributed by atoms with van der Waals surface area (Å²) in [5, 5.41) is 0.168. The molecule has 2 aliphatic rings. The van der Waals surface area contributed by atoms with Crippen LogP contribution in [0.2, 0.25) is 0 Å². The number of alkyl halides is 4. The van der Waals surface area contributed by atoms with Gasteiger partial charge in [-0.1, -0.05) is 6.07 Å². The molecule has 3 aromatic heterocycles. The average Bonchev–Trinajstić information content (AvgIpc) is 2.85. The maximum atomic E-state index is 15.1. The van der Waals surface area contributed by atoms with E-state index in [1.54, 1.807) is 14.0 Å². The molecule has 2 aliphatic carbocycles. The fourth-order valence-electron chi connectivity index (χ4n) is 5.99. The molecule has 5 rings (SSSR count). The molecule has 0 amide bonds. The number of hydrogen-bond acceptors (Lipinski definition) is 4. The molecule has 11 heteroatoms. The Kier molecular flexibility index (Phi) is 6.38. The van der Waals surface area contributed by atoms with Crippen molar-refractivity contribution in [3.05, 3.63) is 72.4 Å². The van der Waals surface area contributed by atoms with E-state index in [9.17, 15) is 23.2 Å². The zero-order valence-electron chi connectivity index (χ0n) is 21.5. The lowest BCUT2D eigenvalue weighted by Gasteiger charge is -2.37. The summed E-state index contributed by atoms with van der Waals surface area (Å²) >= 11 is 0. The van der Waals surface area contributed by atoms with Crippen LogP contribution in [0.15, 0.2) is 38.8 Å². The standard InChI is InChI=1S/C27H30F4N4O3/c1-15-32-23-20(24(37)34(15)3)13-19(25(38)35(23)18-7-9-26(28,29)10-8-18)16-6-11-27(30,31)21(12-16)17-4-5-22(36)33(2)14-17/h4-5,13-14,16,18,21H,6-12H2,1-3H3. The van der Waals surface area contributed by atoms with E-state index in [-0.39, 0.29) is 66.2 Å². The summed E-state index contributed by atoms with van der Waals surface area (Å²) in [5.74, 6) is -7.31. The number of rotatable bonds is 3. The van der Waals surface area contributed by atoms with Gasteiger partial charge in [-0.15, -0.1) is 0 Å². The summed E-state index contributed by atoms with van der Waals surface area (Å²) in [6.07, 6.45) is 0.214. The minimum Gasteiger partial charge on any atom is -0.318 e. The van der Waals surface area contributed by atoms with Crippen LogP contribution in [0.25, 0.3) is 11.0 Å². The molecule has 0 aliphatic heterocycles. The summed E-state index contributed by atoms with van der Waals surface area (Å²) in [5.41, 5.74) is -0.515. The number of fused-ring (bicyclic) bond motifs is 1. The van der Waals surface area contributed by atoms with Crippen molar-refractivity contribution in [3.8, 4) is 0 Å². The third-order valence-electron chi connectivity index (χ3n) is 8.38. The Morgan fingerprint density at radius 1 is 0.947 bits per heavy atom. The van der Waals surface area contributed by atoms with E-state index in [2.05, 4.69) is 4.98 Å². The van der Waals surface area contributed by atoms with Gasteiger partial charge in [-0.05, 0) is 50.2 Å². The van der Waals surface area contributed by atoms with Gasteiger partial charge in [0.15, 0.2) is 5.65 Å². The monoisotopic (exact) mass is 534 g/mol. The van der Waals surface area contributed by atoms with Gasteiger partial charge in [-0.3, -0.25) is 23.5 Å². The highest BCUT2D eigenvalue weighted by Crippen LogP contribution is 2.49. The highest BCUT2D eigenvalue weighted by Gasteiger charge is 2.46. The van der Waals surface area contributed by atoms with Crippen LogP contribution in [0.4, 0.5) is 17.6 Å². The highest BCUT2D eigenvalue weighted by molar-refractivity contribution is 5.75. The summed E-state index contributed by atoms with van der Waals surface area (Å²) in [7, 11) is 3.04. The predicted molar refractivity (Wildman–Crippen MR) is 134 cm³/mol. The van der Waals surface area contributed by atoms with E-state index in [0.717, 1.165) is 0 Å². The topological polar surface area (TPSA) is 78.9 Å². The fraction of sp³-hybridized carbons (Fsp3) is 0.556. The van der Waals surface area contributed by atoms with E-state index < -0.39 is 41.7 Å². The van der Waals surface area contributed by atoms with Crippen LogP contribution in [0.3, 0.4) is 0 Å². The molecule has 2 unspecified atom stereocenters. The van der Waals surface area contributed by atoms with Gasteiger partial charge in [-0.25, -0.2) is 22.5 Å². The van der Waals surface area contributed by atoms with Crippen LogP contribution in [0.5, 0.6) is 0 Å². The third kappa shape index (κ3) is 4.49. The van der Waals surface area contributed by atoms with E-state index in [0.29, 0.717) is 11.4 Å². The quantitative estimate of drug-likeness (QED) is 0.463. The van der Waals surface area contributed by atoms with E-state index in [1.807, 2.05) is 0 Å². The van der Waals surface area contributed by atoms with Gasteiger partial charge in [0.1, 0.15) is 5.82 Å². The van der Waals surface area contributed by atoms with Gasteiger partial charge in [0.25, 0.3) is 17.0 Å². The Balaban J connectivity index is 1.65. The van der Waals surface area contributed by atoms with Crippen molar-refractivity contribution in [2.75, 3.05) is 0 Å². The number of halogens is 4. The molecule has 2 fully saturated rings. The van der Waals surface area contributed by atoms with Crippen LogP contribution in [-0.2, 0) is 14.1 Å². The first-order valence-corrected chi connectivity index (χ1v) is 12.8. The smallest absolute Gasteiger partial charge is 0.262 e. The lowest BCUT2D eigenvalue weighted by Crippen LogP contribution is -2.38. The zero-order valence-corrected chi connectivity index (χ0v) is 21.5. The van der Waals surface area contributed by atoms with Crippen LogP contribution in [-0.4, -0.2) is 30.5 Å². The second kappa shape index (κ2) is 9.20. The Morgan fingerprint density at radius 3 is 2.29 bits per heavy atom. The normalized spacial score (nSPS) is 23.6. The molecule has 0 bridgehead atoms. The van der Waals surface area contributed by atoms with Crippen LogP contribution in [0.1, 0.15) is 79.8 Å². The Hall–Kier alpha value is -3.24. The van der Waals surface area contributed by atoms with E-state index >= 15 is 8.78 Å². The molecule has 2 saturated carbocycles. The molecule has 204 valence electrons. The molecule has 2 atom stereocenters. The highest BCUT2D eigenvalue weighted by atomic mass is 19.3. The van der Waals surface area contributed by atoms with Crippen molar-refractivity contribution in [1.29, 1.82) is 0 Å². The Labute approximate surface area is 215 Å². The van der Waals surface area contributed by atoms with Gasteiger partial charge < -0.3 is 4.57 Å². The average molecular weight is 535 g/mol. The first-order valence-electron chi connectivity index (χ1n) is 12.8. The number of hydrogen-bond donors (Lipinski definition) is 0. The van der Waals surface area contributed by atoms with Gasteiger partial charge in [0, 0.05) is 63.1 Å². The van der Waals surface area contributed by atoms with Crippen molar-refractivity contribution in [2.45, 2.75) is 81.6 Å². The first kappa shape index (κ1) is 26.4. The van der Waals surface area contributed by atoms with Crippen molar-refractivity contribution < 1.29 is 17.6 Å². The Morgan fingerprint density at radius 2 is 1.63 bits per heavy atom. The number of aryl methyl sites for hydroxylation is 2. The molecule has 38 heavy (non-hydrogen) atoms. The maximum absolute atomic E-state index is 15.1. The number of pyridine rings is 2. The van der Waals surface area contributed by atoms with Crippen molar-refractivity contribution in [1.82, 2.24) is 18.7 Å². The second-order valence-corrected chi connectivity index (χ2v) is 10.8. The number of aromatic nitrogens is 4. The van der Waals surface area contributed by atoms with Crippen LogP contribution < -0.4 is 16.7 Å². The first-order chi connectivity index (χ1) is 17.8. The molecule has 0 spiro atoms. The van der Waals surface area contributed by atoms with Crippen LogP contribution >= 0.6 is 0 Å². The maximum Gasteiger partial charge on any atom is 0.262 e. The SMILES string of the molecule is Cc1nc2c(cc(C3CCC(F)(F)C(c4ccc(=O)n(C)c4)C3)c(=O)n2C2CCC(F)(F)CC2)c(=O)n1C. The van der Waals surface area contributed by atoms with Gasteiger partial charge in [-0.2, -0.15) is 0 Å². The van der Waals surface area contributed by atoms with Crippen LogP contribution in [0, 0.1) is 6.92 Å². The molecule has 0 saturated heterocycles. The molecule has 0 N–H and O–H groups in total. The predicted octanol–water partition coefficient (Wildman–Crippen LogP) is 4.54. The zero-order chi connectivity index (χ0) is 27.6. The van der Waals surface area contributed by atoms with Gasteiger partial charge >= 0.3 is 0 Å². The van der Waals surface area contributed by atoms with Crippen molar-refractivity contribution in [2.24, 2.45) is 14.1 Å². The molecular formula is C27H30F4N4O3. The van der Waals surface area contributed by atoms with E-state index in [4.69, 9.17) is 0 Å². The molecule has 0 aromatic carbocycles. The largest absolute Gasteiger partial charge is 0.318 e. The minimum absolute atomic E-state index is 0.0261. The van der Waals surface area contributed by atoms with Crippen molar-refractivity contribution >= 4 is 11.0 Å². The second-order valence-electron chi connectivity index (χ2n) is 10.8.